The van der Waals surface area contributed by atoms with E-state index in [0.717, 1.165) is 5.56 Å². The highest BCUT2D eigenvalue weighted by atomic mass is 16.5. The van der Waals surface area contributed by atoms with Gasteiger partial charge in [0.25, 0.3) is 0 Å². The Kier molecular flexibility index (Phi) is 7.22. The highest BCUT2D eigenvalue weighted by molar-refractivity contribution is 6.05. The molecule has 34 heavy (non-hydrogen) atoms. The first-order valence-electron chi connectivity index (χ1n) is 11.7. The molecule has 0 atom stereocenters. The summed E-state index contributed by atoms with van der Waals surface area (Å²) in [5.41, 5.74) is 1.36. The molecule has 4 rings (SSSR count). The van der Waals surface area contributed by atoms with Crippen LogP contribution in [0, 0.1) is 0 Å². The number of carbonyl (C=O) groups excluding carboxylic acids is 2. The first kappa shape index (κ1) is 23.8. The summed E-state index contributed by atoms with van der Waals surface area (Å²) in [6, 6.07) is 15.3. The van der Waals surface area contributed by atoms with Gasteiger partial charge >= 0.3 is 11.9 Å². The van der Waals surface area contributed by atoms with E-state index in [1.54, 1.807) is 32.2 Å². The molecule has 1 aliphatic rings. The summed E-state index contributed by atoms with van der Waals surface area (Å²) in [5.74, 6) is 0.617. The number of esters is 2. The number of benzene rings is 2. The number of ether oxygens (including phenoxy) is 3. The van der Waals surface area contributed by atoms with E-state index in [-0.39, 0.29) is 12.6 Å². The molecule has 0 unspecified atom stereocenters. The van der Waals surface area contributed by atoms with Crippen LogP contribution >= 0.6 is 0 Å². The standard InChI is InChI=1S/C27H31NO6/c1-4-32-25(29)24-21-17-20(31-3)11-12-22(21)34-23(24)18-28-15-13-27(14-16-28,26(30)33-5-2)19-9-7-6-8-10-19/h6-12,17H,4-5,13-16,18H2,1-3H3. The third kappa shape index (κ3) is 4.53. The molecule has 7 heteroatoms. The first-order chi connectivity index (χ1) is 16.5. The third-order valence-corrected chi connectivity index (χ3v) is 6.52. The number of likely N-dealkylation sites (tertiary alicyclic amines) is 1. The van der Waals surface area contributed by atoms with E-state index in [0.29, 0.717) is 67.1 Å². The van der Waals surface area contributed by atoms with Gasteiger partial charge in [0.05, 0.1) is 32.3 Å². The van der Waals surface area contributed by atoms with Gasteiger partial charge in [-0.25, -0.2) is 4.79 Å². The zero-order chi connectivity index (χ0) is 24.1. The van der Waals surface area contributed by atoms with E-state index in [1.165, 1.54) is 0 Å². The Hall–Kier alpha value is -3.32. The lowest BCUT2D eigenvalue weighted by Gasteiger charge is -2.40. The van der Waals surface area contributed by atoms with Gasteiger partial charge in [-0.2, -0.15) is 0 Å². The van der Waals surface area contributed by atoms with Crippen molar-refractivity contribution < 1.29 is 28.2 Å². The van der Waals surface area contributed by atoms with E-state index in [9.17, 15) is 9.59 Å². The quantitative estimate of drug-likeness (QED) is 0.446. The maximum absolute atomic E-state index is 13.0. The molecule has 1 saturated heterocycles. The predicted molar refractivity (Wildman–Crippen MR) is 128 cm³/mol. The number of hydrogen-bond donors (Lipinski definition) is 0. The fourth-order valence-electron chi connectivity index (χ4n) is 4.73. The van der Waals surface area contributed by atoms with Crippen LogP contribution in [0.25, 0.3) is 11.0 Å². The summed E-state index contributed by atoms with van der Waals surface area (Å²) in [4.78, 5) is 28.1. The van der Waals surface area contributed by atoms with Crippen molar-refractivity contribution in [2.24, 2.45) is 0 Å². The van der Waals surface area contributed by atoms with Gasteiger partial charge in [0, 0.05) is 18.5 Å². The van der Waals surface area contributed by atoms with Crippen LogP contribution in [0.15, 0.2) is 52.9 Å². The van der Waals surface area contributed by atoms with Crippen molar-refractivity contribution in [2.45, 2.75) is 38.6 Å². The summed E-state index contributed by atoms with van der Waals surface area (Å²) in [6.45, 7) is 6.01. The largest absolute Gasteiger partial charge is 0.497 e. The zero-order valence-corrected chi connectivity index (χ0v) is 20.0. The average Bonchev–Trinajstić information content (AvgIpc) is 3.22. The minimum Gasteiger partial charge on any atom is -0.497 e. The Labute approximate surface area is 199 Å². The lowest BCUT2D eigenvalue weighted by Crippen LogP contribution is -2.47. The minimum atomic E-state index is -0.668. The van der Waals surface area contributed by atoms with Crippen LogP contribution < -0.4 is 4.74 Å². The molecule has 0 amide bonds. The summed E-state index contributed by atoms with van der Waals surface area (Å²) >= 11 is 0. The van der Waals surface area contributed by atoms with Crippen molar-refractivity contribution in [1.29, 1.82) is 0 Å². The number of piperidine rings is 1. The van der Waals surface area contributed by atoms with Crippen LogP contribution in [0.3, 0.4) is 0 Å². The average molecular weight is 466 g/mol. The van der Waals surface area contributed by atoms with Crippen molar-refractivity contribution in [3.63, 3.8) is 0 Å². The number of rotatable bonds is 8. The van der Waals surface area contributed by atoms with Crippen LogP contribution in [0.1, 0.15) is 48.4 Å². The van der Waals surface area contributed by atoms with E-state index in [4.69, 9.17) is 18.6 Å². The lowest BCUT2D eigenvalue weighted by atomic mass is 9.72. The summed E-state index contributed by atoms with van der Waals surface area (Å²) in [6.07, 6.45) is 1.25. The topological polar surface area (TPSA) is 78.2 Å². The molecule has 180 valence electrons. The Balaban J connectivity index is 1.60. The van der Waals surface area contributed by atoms with Gasteiger partial charge in [0.1, 0.15) is 22.7 Å². The van der Waals surface area contributed by atoms with Gasteiger partial charge in [0.15, 0.2) is 0 Å². The van der Waals surface area contributed by atoms with Crippen LogP contribution in [0.2, 0.25) is 0 Å². The molecule has 0 N–H and O–H groups in total. The monoisotopic (exact) mass is 465 g/mol. The number of furan rings is 1. The predicted octanol–water partition coefficient (Wildman–Crippen LogP) is 4.72. The highest BCUT2D eigenvalue weighted by Crippen LogP contribution is 2.38. The normalized spacial score (nSPS) is 15.7. The number of hydrogen-bond acceptors (Lipinski definition) is 7. The SMILES string of the molecule is CCOC(=O)c1c(CN2CCC(C(=O)OCC)(c3ccccc3)CC2)oc2ccc(OC)cc12. The molecule has 0 aliphatic carbocycles. The van der Waals surface area contributed by atoms with E-state index in [1.807, 2.05) is 37.3 Å². The molecule has 1 aromatic heterocycles. The van der Waals surface area contributed by atoms with E-state index >= 15 is 0 Å². The second kappa shape index (κ2) is 10.3. The van der Waals surface area contributed by atoms with Crippen molar-refractivity contribution in [3.05, 3.63) is 65.4 Å². The van der Waals surface area contributed by atoms with Crippen molar-refractivity contribution in [2.75, 3.05) is 33.4 Å². The molecule has 1 fully saturated rings. The summed E-state index contributed by atoms with van der Waals surface area (Å²) in [7, 11) is 1.59. The van der Waals surface area contributed by atoms with Crippen LogP contribution in [0.5, 0.6) is 5.75 Å². The fourth-order valence-corrected chi connectivity index (χ4v) is 4.73. The van der Waals surface area contributed by atoms with Crippen molar-refractivity contribution in [3.8, 4) is 5.75 Å². The number of carbonyl (C=O) groups is 2. The maximum Gasteiger partial charge on any atom is 0.342 e. The van der Waals surface area contributed by atoms with Gasteiger partial charge in [-0.1, -0.05) is 30.3 Å². The number of nitrogens with zero attached hydrogens (tertiary/aromatic N) is 1. The van der Waals surface area contributed by atoms with Crippen LogP contribution in [-0.4, -0.2) is 50.3 Å². The summed E-state index contributed by atoms with van der Waals surface area (Å²) in [5, 5.41) is 0.676. The molecule has 1 aliphatic heterocycles. The Morgan fingerprint density at radius 2 is 1.71 bits per heavy atom. The van der Waals surface area contributed by atoms with Gasteiger partial charge in [0.2, 0.25) is 0 Å². The molecule has 2 aromatic carbocycles. The van der Waals surface area contributed by atoms with Gasteiger partial charge in [-0.15, -0.1) is 0 Å². The second-order valence-electron chi connectivity index (χ2n) is 8.43. The van der Waals surface area contributed by atoms with E-state index < -0.39 is 11.4 Å². The minimum absolute atomic E-state index is 0.177. The lowest BCUT2D eigenvalue weighted by molar-refractivity contribution is -0.152. The molecule has 0 saturated carbocycles. The summed E-state index contributed by atoms with van der Waals surface area (Å²) < 4.78 is 22.2. The van der Waals surface area contributed by atoms with Gasteiger partial charge in [-0.05, 0) is 50.5 Å². The maximum atomic E-state index is 13.0. The second-order valence-corrected chi connectivity index (χ2v) is 8.43. The third-order valence-electron chi connectivity index (χ3n) is 6.52. The Morgan fingerprint density at radius 3 is 2.35 bits per heavy atom. The molecule has 2 heterocycles. The zero-order valence-electron chi connectivity index (χ0n) is 20.0. The van der Waals surface area contributed by atoms with Gasteiger partial charge < -0.3 is 18.6 Å². The molecule has 0 spiro atoms. The van der Waals surface area contributed by atoms with Crippen molar-refractivity contribution in [1.82, 2.24) is 4.90 Å². The van der Waals surface area contributed by atoms with E-state index in [2.05, 4.69) is 4.90 Å². The molecule has 7 nitrogen and oxygen atoms in total. The molecular weight excluding hydrogens is 434 g/mol. The molecule has 3 aromatic rings. The number of fused-ring (bicyclic) bond motifs is 1. The van der Waals surface area contributed by atoms with Crippen molar-refractivity contribution >= 4 is 22.9 Å². The van der Waals surface area contributed by atoms with Crippen LogP contribution in [0.4, 0.5) is 0 Å². The smallest absolute Gasteiger partial charge is 0.342 e. The molecular formula is C27H31NO6. The van der Waals surface area contributed by atoms with Crippen LogP contribution in [-0.2, 0) is 26.2 Å². The molecule has 0 radical (unpaired) electrons. The Bertz CT molecular complexity index is 1140. The molecule has 0 bridgehead atoms. The fraction of sp³-hybridized carbons (Fsp3) is 0.407. The van der Waals surface area contributed by atoms with Gasteiger partial charge in [-0.3, -0.25) is 9.69 Å². The number of methoxy groups -OCH3 is 1. The first-order valence-corrected chi connectivity index (χ1v) is 11.7. The highest BCUT2D eigenvalue weighted by Gasteiger charge is 2.44. The Morgan fingerprint density at radius 1 is 1.00 bits per heavy atom.